The van der Waals surface area contributed by atoms with Crippen LogP contribution in [0.25, 0.3) is 0 Å². The van der Waals surface area contributed by atoms with E-state index in [0.29, 0.717) is 25.3 Å². The maximum absolute atomic E-state index is 12.7. The van der Waals surface area contributed by atoms with Gasteiger partial charge in [-0.1, -0.05) is 24.9 Å². The largest absolute Gasteiger partial charge is 0.409 e. The smallest absolute Gasteiger partial charge is 0.236 e. The zero-order chi connectivity index (χ0) is 15.0. The lowest BCUT2D eigenvalue weighted by atomic mass is 9.61. The van der Waals surface area contributed by atoms with Gasteiger partial charge in [-0.05, 0) is 31.6 Å². The Labute approximate surface area is 119 Å². The Kier molecular flexibility index (Phi) is 3.95. The topological polar surface area (TPSA) is 99.2 Å². The van der Waals surface area contributed by atoms with Crippen molar-refractivity contribution in [3.8, 4) is 0 Å². The summed E-state index contributed by atoms with van der Waals surface area (Å²) in [5.41, 5.74) is 4.10. The van der Waals surface area contributed by atoms with Crippen molar-refractivity contribution < 1.29 is 15.1 Å². The summed E-state index contributed by atoms with van der Waals surface area (Å²) in [5.74, 6) is 0.235. The number of oxime groups is 1. The molecule has 0 bridgehead atoms. The van der Waals surface area contributed by atoms with Gasteiger partial charge in [0.1, 0.15) is 5.41 Å². The summed E-state index contributed by atoms with van der Waals surface area (Å²) in [4.78, 5) is 14.2. The van der Waals surface area contributed by atoms with E-state index in [0.717, 1.165) is 25.7 Å². The first-order chi connectivity index (χ1) is 9.33. The molecule has 0 unspecified atom stereocenters. The highest BCUT2D eigenvalue weighted by atomic mass is 16.4. The van der Waals surface area contributed by atoms with Gasteiger partial charge in [0.05, 0.1) is 5.60 Å². The fourth-order valence-corrected chi connectivity index (χ4v) is 3.79. The van der Waals surface area contributed by atoms with Crippen molar-refractivity contribution in [2.45, 2.75) is 51.0 Å². The molecule has 0 atom stereocenters. The van der Waals surface area contributed by atoms with Crippen molar-refractivity contribution in [3.63, 3.8) is 0 Å². The molecule has 0 heterocycles. The van der Waals surface area contributed by atoms with Gasteiger partial charge in [-0.3, -0.25) is 4.79 Å². The van der Waals surface area contributed by atoms with E-state index in [1.54, 1.807) is 11.9 Å². The third-order valence-electron chi connectivity index (χ3n) is 4.81. The number of rotatable bonds is 4. The number of carbonyl (C=O) groups is 1. The molecule has 2 rings (SSSR count). The van der Waals surface area contributed by atoms with Crippen LogP contribution in [0.4, 0.5) is 0 Å². The Morgan fingerprint density at radius 3 is 2.40 bits per heavy atom. The third kappa shape index (κ3) is 2.49. The molecule has 2 aliphatic rings. The second-order valence-corrected chi connectivity index (χ2v) is 6.67. The van der Waals surface area contributed by atoms with Gasteiger partial charge in [0.15, 0.2) is 5.84 Å². The highest BCUT2D eigenvalue weighted by Gasteiger charge is 2.53. The number of carbonyl (C=O) groups excluding carboxylic acids is 1. The zero-order valence-corrected chi connectivity index (χ0v) is 12.3. The Balaban J connectivity index is 2.08. The Morgan fingerprint density at radius 2 is 1.95 bits per heavy atom. The zero-order valence-electron chi connectivity index (χ0n) is 12.3. The van der Waals surface area contributed by atoms with E-state index >= 15 is 0 Å². The van der Waals surface area contributed by atoms with E-state index in [4.69, 9.17) is 10.9 Å². The molecule has 20 heavy (non-hydrogen) atoms. The van der Waals surface area contributed by atoms with Crippen LogP contribution in [-0.4, -0.2) is 46.1 Å². The van der Waals surface area contributed by atoms with E-state index in [1.807, 2.05) is 6.92 Å². The minimum absolute atomic E-state index is 0.00846. The van der Waals surface area contributed by atoms with Gasteiger partial charge in [-0.15, -0.1) is 0 Å². The number of hydrogen-bond acceptors (Lipinski definition) is 4. The fourth-order valence-electron chi connectivity index (χ4n) is 3.79. The van der Waals surface area contributed by atoms with Crippen molar-refractivity contribution in [3.05, 3.63) is 0 Å². The minimum Gasteiger partial charge on any atom is -0.409 e. The second-order valence-electron chi connectivity index (χ2n) is 6.67. The summed E-state index contributed by atoms with van der Waals surface area (Å²) in [6, 6.07) is 0. The van der Waals surface area contributed by atoms with Gasteiger partial charge >= 0.3 is 0 Å². The number of nitrogens with two attached hydrogens (primary N) is 1. The average Bonchev–Trinajstić information content (AvgIpc) is 2.79. The maximum atomic E-state index is 12.7. The molecule has 114 valence electrons. The molecule has 2 saturated carbocycles. The molecule has 0 aromatic rings. The van der Waals surface area contributed by atoms with Crippen molar-refractivity contribution >= 4 is 11.7 Å². The van der Waals surface area contributed by atoms with Gasteiger partial charge in [0, 0.05) is 13.6 Å². The Bertz CT molecular complexity index is 410. The van der Waals surface area contributed by atoms with Crippen LogP contribution < -0.4 is 5.73 Å². The summed E-state index contributed by atoms with van der Waals surface area (Å²) in [6.07, 6.45) is 4.67. The lowest BCUT2D eigenvalue weighted by molar-refractivity contribution is -0.146. The van der Waals surface area contributed by atoms with Crippen LogP contribution in [0, 0.1) is 11.3 Å². The maximum Gasteiger partial charge on any atom is 0.236 e. The van der Waals surface area contributed by atoms with Gasteiger partial charge in [-0.2, -0.15) is 0 Å². The molecule has 0 radical (unpaired) electrons. The normalized spacial score (nSPS) is 32.8. The quantitative estimate of drug-likeness (QED) is 0.309. The number of amides is 1. The lowest BCUT2D eigenvalue weighted by Crippen LogP contribution is -2.58. The fraction of sp³-hybridized carbons (Fsp3) is 0.857. The van der Waals surface area contributed by atoms with Crippen LogP contribution in [0.2, 0.25) is 0 Å². The van der Waals surface area contributed by atoms with Crippen LogP contribution in [0.3, 0.4) is 0 Å². The SMILES string of the molecule is CC1CC(C(=O)N(C)CC2(O)CCCC2)(C(N)=NO)C1. The average molecular weight is 283 g/mol. The Morgan fingerprint density at radius 1 is 1.40 bits per heavy atom. The molecule has 0 saturated heterocycles. The highest BCUT2D eigenvalue weighted by molar-refractivity contribution is 6.07. The minimum atomic E-state index is -0.877. The van der Waals surface area contributed by atoms with E-state index in [9.17, 15) is 9.90 Å². The van der Waals surface area contributed by atoms with E-state index in [2.05, 4.69) is 5.16 Å². The first kappa shape index (κ1) is 15.1. The van der Waals surface area contributed by atoms with Gasteiger partial charge < -0.3 is 20.9 Å². The van der Waals surface area contributed by atoms with Crippen molar-refractivity contribution in [1.82, 2.24) is 4.90 Å². The third-order valence-corrected chi connectivity index (χ3v) is 4.81. The predicted octanol–water partition coefficient (Wildman–Crippen LogP) is 0.913. The number of likely N-dealkylation sites (N-methyl/N-ethyl adjacent to an activating group) is 1. The first-order valence-electron chi connectivity index (χ1n) is 7.29. The molecule has 0 aliphatic heterocycles. The van der Waals surface area contributed by atoms with Crippen molar-refractivity contribution in [1.29, 1.82) is 0 Å². The van der Waals surface area contributed by atoms with Crippen LogP contribution in [0.1, 0.15) is 45.4 Å². The monoisotopic (exact) mass is 283 g/mol. The van der Waals surface area contributed by atoms with Crippen molar-refractivity contribution in [2.75, 3.05) is 13.6 Å². The summed E-state index contributed by atoms with van der Waals surface area (Å²) in [5, 5.41) is 22.4. The summed E-state index contributed by atoms with van der Waals surface area (Å²) < 4.78 is 0. The van der Waals surface area contributed by atoms with Crippen LogP contribution in [0.15, 0.2) is 5.16 Å². The number of amidine groups is 1. The molecule has 0 aromatic carbocycles. The van der Waals surface area contributed by atoms with E-state index < -0.39 is 11.0 Å². The molecule has 6 nitrogen and oxygen atoms in total. The summed E-state index contributed by atoms with van der Waals surface area (Å²) in [7, 11) is 1.69. The van der Waals surface area contributed by atoms with Crippen LogP contribution in [0.5, 0.6) is 0 Å². The summed E-state index contributed by atoms with van der Waals surface area (Å²) in [6.45, 7) is 2.36. The molecular weight excluding hydrogens is 258 g/mol. The molecule has 4 N–H and O–H groups in total. The molecular formula is C14H25N3O3. The Hall–Kier alpha value is -1.30. The highest BCUT2D eigenvalue weighted by Crippen LogP contribution is 2.47. The van der Waals surface area contributed by atoms with E-state index in [-0.39, 0.29) is 11.7 Å². The second kappa shape index (κ2) is 5.24. The number of aliphatic hydroxyl groups is 1. The molecule has 0 aromatic heterocycles. The van der Waals surface area contributed by atoms with Gasteiger partial charge in [0.2, 0.25) is 5.91 Å². The molecule has 1 amide bonds. The summed E-state index contributed by atoms with van der Waals surface area (Å²) >= 11 is 0. The van der Waals surface area contributed by atoms with Crippen LogP contribution in [-0.2, 0) is 4.79 Å². The van der Waals surface area contributed by atoms with Gasteiger partial charge in [0.25, 0.3) is 0 Å². The molecule has 2 fully saturated rings. The van der Waals surface area contributed by atoms with Crippen molar-refractivity contribution in [2.24, 2.45) is 22.2 Å². The first-order valence-corrected chi connectivity index (χ1v) is 7.29. The molecule has 6 heteroatoms. The molecule has 2 aliphatic carbocycles. The number of nitrogens with zero attached hydrogens (tertiary/aromatic N) is 2. The lowest BCUT2D eigenvalue weighted by Gasteiger charge is -2.46. The number of hydrogen-bond donors (Lipinski definition) is 3. The van der Waals surface area contributed by atoms with Crippen LogP contribution >= 0.6 is 0 Å². The molecule has 0 spiro atoms. The predicted molar refractivity (Wildman–Crippen MR) is 75.3 cm³/mol. The van der Waals surface area contributed by atoms with Gasteiger partial charge in [-0.25, -0.2) is 0 Å². The van der Waals surface area contributed by atoms with E-state index in [1.165, 1.54) is 0 Å². The standard InChI is InChI=1S/C14H25N3O3/c1-10-7-14(8-10,11(15)16-20)12(18)17(2)9-13(19)5-3-4-6-13/h10,19-20H,3-9H2,1-2H3,(H2,15,16).